The minimum atomic E-state index is -2.64. The van der Waals surface area contributed by atoms with Gasteiger partial charge in [-0.25, -0.2) is 4.79 Å². The first kappa shape index (κ1) is 27.9. The highest BCUT2D eigenvalue weighted by molar-refractivity contribution is 6.99. The summed E-state index contributed by atoms with van der Waals surface area (Å²) < 4.78 is 12.4. The van der Waals surface area contributed by atoms with Crippen LogP contribution in [-0.4, -0.2) is 68.7 Å². The Labute approximate surface area is 227 Å². The second kappa shape index (κ2) is 12.2. The SMILES string of the molecule is COc1ccc(CN2CCN(C(=O)O)CC2CCO[Si](c2ccccc2)(c2ccccc2)C(C)(C)C)cc1. The molecule has 1 unspecified atom stereocenters. The van der Waals surface area contributed by atoms with Gasteiger partial charge in [-0.2, -0.15) is 0 Å². The smallest absolute Gasteiger partial charge is 0.407 e. The molecule has 0 radical (unpaired) electrons. The summed E-state index contributed by atoms with van der Waals surface area (Å²) in [5.41, 5.74) is 1.19. The third-order valence-electron chi connectivity index (χ3n) is 7.61. The Bertz CT molecular complexity index is 1130. The second-order valence-corrected chi connectivity index (χ2v) is 15.3. The molecule has 0 aromatic heterocycles. The zero-order valence-electron chi connectivity index (χ0n) is 23.0. The van der Waals surface area contributed by atoms with Crippen molar-refractivity contribution in [2.45, 2.75) is 44.8 Å². The average Bonchev–Trinajstić information content (AvgIpc) is 2.92. The maximum atomic E-state index is 11.8. The Morgan fingerprint density at radius 1 is 0.921 bits per heavy atom. The van der Waals surface area contributed by atoms with Crippen LogP contribution in [0.15, 0.2) is 84.9 Å². The summed E-state index contributed by atoms with van der Waals surface area (Å²) in [6.45, 7) is 9.85. The summed E-state index contributed by atoms with van der Waals surface area (Å²) in [6.07, 6.45) is -0.100. The van der Waals surface area contributed by atoms with E-state index in [9.17, 15) is 9.90 Å². The monoisotopic (exact) mass is 532 g/mol. The lowest BCUT2D eigenvalue weighted by atomic mass is 10.1. The van der Waals surface area contributed by atoms with Crippen LogP contribution in [0.1, 0.15) is 32.8 Å². The first-order valence-electron chi connectivity index (χ1n) is 13.3. The normalized spacial score (nSPS) is 16.8. The number of benzene rings is 3. The van der Waals surface area contributed by atoms with Crippen molar-refractivity contribution in [3.8, 4) is 5.75 Å². The number of nitrogens with zero attached hydrogens (tertiary/aromatic N) is 2. The van der Waals surface area contributed by atoms with Gasteiger partial charge in [0, 0.05) is 38.8 Å². The van der Waals surface area contributed by atoms with E-state index < -0.39 is 14.4 Å². The minimum absolute atomic E-state index is 0.0696. The molecule has 6 nitrogen and oxygen atoms in total. The number of carboxylic acid groups (broad SMARTS) is 1. The van der Waals surface area contributed by atoms with Crippen molar-refractivity contribution in [3.05, 3.63) is 90.5 Å². The molecule has 38 heavy (non-hydrogen) atoms. The molecular weight excluding hydrogens is 492 g/mol. The van der Waals surface area contributed by atoms with Crippen molar-refractivity contribution in [2.24, 2.45) is 0 Å². The lowest BCUT2D eigenvalue weighted by Gasteiger charge is -2.44. The van der Waals surface area contributed by atoms with E-state index in [1.807, 2.05) is 12.1 Å². The molecule has 0 aliphatic carbocycles. The van der Waals surface area contributed by atoms with Crippen LogP contribution >= 0.6 is 0 Å². The molecule has 1 amide bonds. The molecule has 1 heterocycles. The third kappa shape index (κ3) is 6.12. The van der Waals surface area contributed by atoms with Gasteiger partial charge in [0.15, 0.2) is 0 Å². The van der Waals surface area contributed by atoms with Crippen LogP contribution in [0.4, 0.5) is 4.79 Å². The van der Waals surface area contributed by atoms with Crippen molar-refractivity contribution in [2.75, 3.05) is 33.4 Å². The van der Waals surface area contributed by atoms with Gasteiger partial charge in [0.1, 0.15) is 5.75 Å². The lowest BCUT2D eigenvalue weighted by Crippen LogP contribution is -2.66. The highest BCUT2D eigenvalue weighted by Gasteiger charge is 2.50. The zero-order chi connectivity index (χ0) is 27.2. The zero-order valence-corrected chi connectivity index (χ0v) is 24.0. The first-order valence-corrected chi connectivity index (χ1v) is 15.3. The highest BCUT2D eigenvalue weighted by Crippen LogP contribution is 2.37. The molecule has 1 saturated heterocycles. The van der Waals surface area contributed by atoms with Crippen LogP contribution in [0.2, 0.25) is 5.04 Å². The van der Waals surface area contributed by atoms with Crippen LogP contribution < -0.4 is 15.1 Å². The maximum Gasteiger partial charge on any atom is 0.407 e. The fourth-order valence-corrected chi connectivity index (χ4v) is 10.2. The van der Waals surface area contributed by atoms with Crippen LogP contribution in [0.3, 0.4) is 0 Å². The third-order valence-corrected chi connectivity index (χ3v) is 12.6. The average molecular weight is 533 g/mol. The van der Waals surface area contributed by atoms with Gasteiger partial charge in [0.2, 0.25) is 0 Å². The molecule has 0 bridgehead atoms. The van der Waals surface area contributed by atoms with Gasteiger partial charge >= 0.3 is 6.09 Å². The van der Waals surface area contributed by atoms with Gasteiger partial charge in [-0.15, -0.1) is 0 Å². The molecule has 1 aliphatic rings. The van der Waals surface area contributed by atoms with Crippen LogP contribution in [0.25, 0.3) is 0 Å². The molecule has 1 aliphatic heterocycles. The molecule has 1 atom stereocenters. The van der Waals surface area contributed by atoms with E-state index in [2.05, 4.69) is 98.5 Å². The molecule has 1 N–H and O–H groups in total. The Morgan fingerprint density at radius 2 is 1.50 bits per heavy atom. The van der Waals surface area contributed by atoms with E-state index in [0.717, 1.165) is 18.7 Å². The van der Waals surface area contributed by atoms with Crippen LogP contribution in [-0.2, 0) is 11.0 Å². The van der Waals surface area contributed by atoms with E-state index >= 15 is 0 Å². The summed E-state index contributed by atoms with van der Waals surface area (Å²) in [4.78, 5) is 15.8. The van der Waals surface area contributed by atoms with E-state index in [1.54, 1.807) is 7.11 Å². The summed E-state index contributed by atoms with van der Waals surface area (Å²) in [6, 6.07) is 29.5. The lowest BCUT2D eigenvalue weighted by molar-refractivity contribution is 0.0537. The predicted molar refractivity (Wildman–Crippen MR) is 155 cm³/mol. The number of carbonyl (C=O) groups is 1. The molecule has 202 valence electrons. The van der Waals surface area contributed by atoms with Gasteiger partial charge in [0.05, 0.1) is 7.11 Å². The van der Waals surface area contributed by atoms with Gasteiger partial charge in [-0.3, -0.25) is 4.90 Å². The number of piperazine rings is 1. The van der Waals surface area contributed by atoms with E-state index in [1.165, 1.54) is 20.8 Å². The topological polar surface area (TPSA) is 62.2 Å². The largest absolute Gasteiger partial charge is 0.497 e. The standard InChI is InChI=1S/C31H40N2O4Si/c1-31(2,3)38(28-11-7-5-8-12-28,29-13-9-6-10-14-29)37-22-19-26-24-33(30(34)35)21-20-32(26)23-25-15-17-27(36-4)18-16-25/h5-18,26H,19-24H2,1-4H3,(H,34,35). The Morgan fingerprint density at radius 3 is 2.00 bits per heavy atom. The van der Waals surface area contributed by atoms with Crippen molar-refractivity contribution in [1.29, 1.82) is 0 Å². The fraction of sp³-hybridized carbons (Fsp3) is 0.387. The van der Waals surface area contributed by atoms with Crippen LogP contribution in [0.5, 0.6) is 5.75 Å². The van der Waals surface area contributed by atoms with E-state index in [0.29, 0.717) is 26.2 Å². The number of hydrogen-bond acceptors (Lipinski definition) is 4. The van der Waals surface area contributed by atoms with Crippen molar-refractivity contribution in [3.63, 3.8) is 0 Å². The Hall–Kier alpha value is -3.13. The number of rotatable bonds is 9. The number of methoxy groups -OCH3 is 1. The fourth-order valence-electron chi connectivity index (χ4n) is 5.62. The molecule has 3 aromatic rings. The van der Waals surface area contributed by atoms with Crippen LogP contribution in [0, 0.1) is 0 Å². The van der Waals surface area contributed by atoms with E-state index in [-0.39, 0.29) is 11.1 Å². The van der Waals surface area contributed by atoms with E-state index in [4.69, 9.17) is 9.16 Å². The summed E-state index contributed by atoms with van der Waals surface area (Å²) in [5, 5.41) is 12.1. The second-order valence-electron chi connectivity index (χ2n) is 11.0. The predicted octanol–water partition coefficient (Wildman–Crippen LogP) is 4.83. The van der Waals surface area contributed by atoms with Gasteiger partial charge in [-0.05, 0) is 39.5 Å². The molecule has 4 rings (SSSR count). The van der Waals surface area contributed by atoms with Crippen molar-refractivity contribution >= 4 is 24.8 Å². The summed E-state index contributed by atoms with van der Waals surface area (Å²) in [5.74, 6) is 0.833. The van der Waals surface area contributed by atoms with Crippen molar-refractivity contribution < 1.29 is 19.1 Å². The quantitative estimate of drug-likeness (QED) is 0.400. The number of hydrogen-bond donors (Lipinski definition) is 1. The van der Waals surface area contributed by atoms with Crippen molar-refractivity contribution in [1.82, 2.24) is 9.80 Å². The minimum Gasteiger partial charge on any atom is -0.497 e. The Balaban J connectivity index is 1.58. The summed E-state index contributed by atoms with van der Waals surface area (Å²) in [7, 11) is -0.973. The number of ether oxygens (including phenoxy) is 1. The maximum absolute atomic E-state index is 11.8. The molecule has 1 fully saturated rings. The Kier molecular flexibility index (Phi) is 8.92. The highest BCUT2D eigenvalue weighted by atomic mass is 28.4. The summed E-state index contributed by atoms with van der Waals surface area (Å²) >= 11 is 0. The molecule has 7 heteroatoms. The molecule has 0 saturated carbocycles. The molecular formula is C31H40N2O4Si. The van der Waals surface area contributed by atoms with Gasteiger partial charge < -0.3 is 19.2 Å². The van der Waals surface area contributed by atoms with Gasteiger partial charge in [0.25, 0.3) is 8.32 Å². The number of amides is 1. The van der Waals surface area contributed by atoms with Gasteiger partial charge in [-0.1, -0.05) is 93.6 Å². The molecule has 3 aromatic carbocycles. The first-order chi connectivity index (χ1) is 18.2. The molecule has 0 spiro atoms.